The molecule has 0 radical (unpaired) electrons. The average Bonchev–Trinajstić information content (AvgIpc) is 2.88. The molecule has 1 aromatic heterocycles. The normalized spacial score (nSPS) is 20.2. The Morgan fingerprint density at radius 1 is 1.59 bits per heavy atom. The Labute approximate surface area is 138 Å². The van der Waals surface area contributed by atoms with E-state index < -0.39 is 0 Å². The number of rotatable bonds is 5. The van der Waals surface area contributed by atoms with Crippen molar-refractivity contribution in [3.05, 3.63) is 16.1 Å². The maximum Gasteiger partial charge on any atom is 0.193 e. The standard InChI is InChI=1S/C16H29N5S/c1-13-6-5-8-21(10-13)9-7-18-16(17-3)20(4)11-15-12-22-14(2)19-15/h12-13H,5-11H2,1-4H3,(H,17,18). The lowest BCUT2D eigenvalue weighted by molar-refractivity contribution is 0.186. The summed E-state index contributed by atoms with van der Waals surface area (Å²) in [5.41, 5.74) is 1.11. The smallest absolute Gasteiger partial charge is 0.193 e. The van der Waals surface area contributed by atoms with Crippen molar-refractivity contribution in [2.24, 2.45) is 10.9 Å². The van der Waals surface area contributed by atoms with Crippen LogP contribution in [0.3, 0.4) is 0 Å². The van der Waals surface area contributed by atoms with E-state index >= 15 is 0 Å². The van der Waals surface area contributed by atoms with Crippen LogP contribution < -0.4 is 5.32 Å². The third kappa shape index (κ3) is 5.25. The van der Waals surface area contributed by atoms with E-state index in [1.165, 1.54) is 25.9 Å². The van der Waals surface area contributed by atoms with Gasteiger partial charge >= 0.3 is 0 Å². The van der Waals surface area contributed by atoms with Gasteiger partial charge in [0, 0.05) is 39.1 Å². The first kappa shape index (κ1) is 17.2. The van der Waals surface area contributed by atoms with Crippen LogP contribution in [0.15, 0.2) is 10.4 Å². The van der Waals surface area contributed by atoms with Gasteiger partial charge in [0.25, 0.3) is 0 Å². The molecule has 0 saturated carbocycles. The highest BCUT2D eigenvalue weighted by atomic mass is 32.1. The number of aryl methyl sites for hydroxylation is 1. The molecule has 2 rings (SSSR count). The topological polar surface area (TPSA) is 43.8 Å². The van der Waals surface area contributed by atoms with Crippen LogP contribution in [0.25, 0.3) is 0 Å². The van der Waals surface area contributed by atoms with Gasteiger partial charge in [0.05, 0.1) is 17.2 Å². The van der Waals surface area contributed by atoms with Gasteiger partial charge in [-0.3, -0.25) is 4.99 Å². The Hall–Kier alpha value is -1.14. The fraction of sp³-hybridized carbons (Fsp3) is 0.750. The van der Waals surface area contributed by atoms with Crippen LogP contribution in [-0.4, -0.2) is 61.0 Å². The molecule has 1 aliphatic rings. The molecule has 1 N–H and O–H groups in total. The zero-order valence-corrected chi connectivity index (χ0v) is 15.1. The first-order valence-corrected chi connectivity index (χ1v) is 9.01. The number of thiazole rings is 1. The van der Waals surface area contributed by atoms with Crippen LogP contribution >= 0.6 is 11.3 Å². The molecule has 0 bridgehead atoms. The zero-order valence-electron chi connectivity index (χ0n) is 14.3. The molecular formula is C16H29N5S. The lowest BCUT2D eigenvalue weighted by Gasteiger charge is -2.31. The number of hydrogen-bond acceptors (Lipinski definition) is 4. The van der Waals surface area contributed by atoms with Gasteiger partial charge in [0.2, 0.25) is 0 Å². The third-order valence-corrected chi connectivity index (χ3v) is 4.91. The number of aliphatic imine (C=N–C) groups is 1. The molecule has 6 heteroatoms. The summed E-state index contributed by atoms with van der Waals surface area (Å²) >= 11 is 1.70. The summed E-state index contributed by atoms with van der Waals surface area (Å²) < 4.78 is 0. The molecule has 1 saturated heterocycles. The maximum absolute atomic E-state index is 4.52. The van der Waals surface area contributed by atoms with E-state index in [-0.39, 0.29) is 0 Å². The Morgan fingerprint density at radius 2 is 2.41 bits per heavy atom. The average molecular weight is 324 g/mol. The number of piperidine rings is 1. The minimum atomic E-state index is 0.796. The highest BCUT2D eigenvalue weighted by molar-refractivity contribution is 7.09. The summed E-state index contributed by atoms with van der Waals surface area (Å²) in [6.07, 6.45) is 2.71. The van der Waals surface area contributed by atoms with Gasteiger partial charge in [-0.1, -0.05) is 6.92 Å². The summed E-state index contributed by atoms with van der Waals surface area (Å²) in [5, 5.41) is 6.70. The van der Waals surface area contributed by atoms with Crippen molar-refractivity contribution >= 4 is 17.3 Å². The van der Waals surface area contributed by atoms with E-state index in [1.807, 2.05) is 14.0 Å². The van der Waals surface area contributed by atoms with Crippen molar-refractivity contribution in [1.29, 1.82) is 0 Å². The summed E-state index contributed by atoms with van der Waals surface area (Å²) in [6.45, 7) is 9.69. The van der Waals surface area contributed by atoms with E-state index in [2.05, 4.69) is 44.4 Å². The summed E-state index contributed by atoms with van der Waals surface area (Å²) in [7, 11) is 3.90. The van der Waals surface area contributed by atoms with E-state index in [1.54, 1.807) is 11.3 Å². The van der Waals surface area contributed by atoms with Gasteiger partial charge in [-0.05, 0) is 32.2 Å². The van der Waals surface area contributed by atoms with Gasteiger partial charge in [-0.25, -0.2) is 4.98 Å². The van der Waals surface area contributed by atoms with Gasteiger partial charge in [-0.15, -0.1) is 11.3 Å². The molecule has 124 valence electrons. The molecule has 0 aliphatic carbocycles. The lowest BCUT2D eigenvalue weighted by Crippen LogP contribution is -2.44. The Morgan fingerprint density at radius 3 is 3.05 bits per heavy atom. The Bertz CT molecular complexity index is 485. The molecule has 2 heterocycles. The second-order valence-electron chi connectivity index (χ2n) is 6.24. The van der Waals surface area contributed by atoms with E-state index in [0.717, 1.165) is 42.2 Å². The number of guanidine groups is 1. The zero-order chi connectivity index (χ0) is 15.9. The van der Waals surface area contributed by atoms with Crippen molar-refractivity contribution in [3.8, 4) is 0 Å². The molecule has 22 heavy (non-hydrogen) atoms. The highest BCUT2D eigenvalue weighted by Gasteiger charge is 2.16. The van der Waals surface area contributed by atoms with Gasteiger partial charge in [0.15, 0.2) is 5.96 Å². The molecule has 1 fully saturated rings. The largest absolute Gasteiger partial charge is 0.355 e. The quantitative estimate of drug-likeness (QED) is 0.666. The molecule has 1 unspecified atom stereocenters. The first-order chi connectivity index (χ1) is 10.6. The summed E-state index contributed by atoms with van der Waals surface area (Å²) in [6, 6.07) is 0. The van der Waals surface area contributed by atoms with Crippen molar-refractivity contribution in [2.75, 3.05) is 40.3 Å². The second kappa shape index (κ2) is 8.48. The predicted octanol–water partition coefficient (Wildman–Crippen LogP) is 2.19. The van der Waals surface area contributed by atoms with Crippen LogP contribution in [0.1, 0.15) is 30.5 Å². The van der Waals surface area contributed by atoms with Crippen LogP contribution in [0, 0.1) is 12.8 Å². The van der Waals surface area contributed by atoms with Crippen LogP contribution in [0.4, 0.5) is 0 Å². The first-order valence-electron chi connectivity index (χ1n) is 8.13. The molecular weight excluding hydrogens is 294 g/mol. The fourth-order valence-corrected chi connectivity index (χ4v) is 3.60. The van der Waals surface area contributed by atoms with Crippen molar-refractivity contribution in [1.82, 2.24) is 20.1 Å². The second-order valence-corrected chi connectivity index (χ2v) is 7.30. The van der Waals surface area contributed by atoms with Gasteiger partial charge < -0.3 is 15.1 Å². The molecule has 1 aromatic rings. The van der Waals surface area contributed by atoms with E-state index in [9.17, 15) is 0 Å². The van der Waals surface area contributed by atoms with Crippen LogP contribution in [0.5, 0.6) is 0 Å². The number of nitrogens with zero attached hydrogens (tertiary/aromatic N) is 4. The molecule has 0 amide bonds. The summed E-state index contributed by atoms with van der Waals surface area (Å²) in [4.78, 5) is 13.6. The summed E-state index contributed by atoms with van der Waals surface area (Å²) in [5.74, 6) is 1.78. The molecule has 0 aromatic carbocycles. The number of nitrogens with one attached hydrogen (secondary N) is 1. The van der Waals surface area contributed by atoms with E-state index in [4.69, 9.17) is 0 Å². The minimum Gasteiger partial charge on any atom is -0.355 e. The van der Waals surface area contributed by atoms with Crippen molar-refractivity contribution in [3.63, 3.8) is 0 Å². The minimum absolute atomic E-state index is 0.796. The molecule has 5 nitrogen and oxygen atoms in total. The van der Waals surface area contributed by atoms with E-state index in [0.29, 0.717) is 0 Å². The van der Waals surface area contributed by atoms with Crippen LogP contribution in [0.2, 0.25) is 0 Å². The molecule has 1 atom stereocenters. The number of likely N-dealkylation sites (tertiary alicyclic amines) is 1. The van der Waals surface area contributed by atoms with Gasteiger partial charge in [0.1, 0.15) is 0 Å². The SMILES string of the molecule is CN=C(NCCN1CCCC(C)C1)N(C)Cc1csc(C)n1. The van der Waals surface area contributed by atoms with Crippen molar-refractivity contribution in [2.45, 2.75) is 33.2 Å². The van der Waals surface area contributed by atoms with Crippen molar-refractivity contribution < 1.29 is 0 Å². The highest BCUT2D eigenvalue weighted by Crippen LogP contribution is 2.14. The number of hydrogen-bond donors (Lipinski definition) is 1. The third-order valence-electron chi connectivity index (χ3n) is 4.09. The van der Waals surface area contributed by atoms with Crippen LogP contribution in [-0.2, 0) is 6.54 Å². The lowest BCUT2D eigenvalue weighted by atomic mass is 10.0. The Balaban J connectivity index is 1.74. The molecule has 1 aliphatic heterocycles. The fourth-order valence-electron chi connectivity index (χ4n) is 3.00. The Kier molecular flexibility index (Phi) is 6.64. The van der Waals surface area contributed by atoms with Gasteiger partial charge in [-0.2, -0.15) is 0 Å². The predicted molar refractivity (Wildman–Crippen MR) is 94.5 cm³/mol. The monoisotopic (exact) mass is 323 g/mol. The molecule has 0 spiro atoms. The maximum atomic E-state index is 4.52. The number of aromatic nitrogens is 1.